The van der Waals surface area contributed by atoms with E-state index in [2.05, 4.69) is 5.32 Å². The molecule has 7 heteroatoms. The Balaban J connectivity index is 1.69. The zero-order chi connectivity index (χ0) is 17.8. The molecule has 0 spiro atoms. The minimum absolute atomic E-state index is 0.0816. The van der Waals surface area contributed by atoms with Gasteiger partial charge in [0.2, 0.25) is 0 Å². The number of carbonyl (C=O) groups is 2. The molecule has 0 radical (unpaired) electrons. The van der Waals surface area contributed by atoms with Gasteiger partial charge in [0, 0.05) is 17.3 Å². The highest BCUT2D eigenvalue weighted by atomic mass is 32.2. The van der Waals surface area contributed by atoms with E-state index in [-0.39, 0.29) is 22.1 Å². The Bertz CT molecular complexity index is 1010. The monoisotopic (exact) mass is 356 g/mol. The van der Waals surface area contributed by atoms with E-state index in [4.69, 9.17) is 0 Å². The van der Waals surface area contributed by atoms with Crippen LogP contribution < -0.4 is 5.32 Å². The van der Waals surface area contributed by atoms with Crippen molar-refractivity contribution in [2.45, 2.75) is 30.7 Å². The molecule has 1 fully saturated rings. The summed E-state index contributed by atoms with van der Waals surface area (Å²) < 4.78 is 26.2. The van der Waals surface area contributed by atoms with Crippen LogP contribution in [0.4, 0.5) is 5.69 Å². The molecule has 0 unspecified atom stereocenters. The molecule has 6 nitrogen and oxygen atoms in total. The molecule has 1 aliphatic heterocycles. The third-order valence-corrected chi connectivity index (χ3v) is 6.36. The highest BCUT2D eigenvalue weighted by Gasteiger charge is 2.48. The predicted octanol–water partition coefficient (Wildman–Crippen LogP) is 2.55. The molecule has 2 aromatic carbocycles. The second-order valence-corrected chi connectivity index (χ2v) is 8.10. The average Bonchev–Trinajstić information content (AvgIpc) is 3.38. The molecule has 1 heterocycles. The van der Waals surface area contributed by atoms with E-state index in [1.807, 2.05) is 25.1 Å². The number of amides is 2. The first-order valence-electron chi connectivity index (χ1n) is 7.99. The molecule has 0 bridgehead atoms. The van der Waals surface area contributed by atoms with Crippen LogP contribution in [0.2, 0.25) is 0 Å². The number of hydrogen-bond acceptors (Lipinski definition) is 4. The lowest BCUT2D eigenvalue weighted by Crippen LogP contribution is -2.31. The second kappa shape index (κ2) is 5.42. The molecule has 4 rings (SSSR count). The Hall–Kier alpha value is -2.67. The maximum Gasteiger partial charge on any atom is 0.269 e. The molecule has 128 valence electrons. The van der Waals surface area contributed by atoms with Crippen molar-refractivity contribution < 1.29 is 18.0 Å². The maximum absolute atomic E-state index is 12.6. The quantitative estimate of drug-likeness (QED) is 0.916. The third-order valence-electron chi connectivity index (χ3n) is 4.48. The predicted molar refractivity (Wildman–Crippen MR) is 92.0 cm³/mol. The molecule has 1 aliphatic carbocycles. The summed E-state index contributed by atoms with van der Waals surface area (Å²) in [5.41, 5.74) is 1.90. The SMILES string of the molecule is Cc1ccccc1NC(=O)c1ccc2c(c1)S(=O)(=O)N(C1CC1)C2=O. The molecule has 25 heavy (non-hydrogen) atoms. The van der Waals surface area contributed by atoms with E-state index in [0.717, 1.165) is 9.87 Å². The van der Waals surface area contributed by atoms with Crippen molar-refractivity contribution in [3.63, 3.8) is 0 Å². The average molecular weight is 356 g/mol. The summed E-state index contributed by atoms with van der Waals surface area (Å²) in [5.74, 6) is -0.909. The van der Waals surface area contributed by atoms with Crippen LogP contribution in [0.1, 0.15) is 39.1 Å². The van der Waals surface area contributed by atoms with Crippen molar-refractivity contribution in [1.82, 2.24) is 4.31 Å². The summed E-state index contributed by atoms with van der Waals surface area (Å²) in [6.07, 6.45) is 1.39. The van der Waals surface area contributed by atoms with Crippen molar-refractivity contribution >= 4 is 27.5 Å². The van der Waals surface area contributed by atoms with Crippen LogP contribution in [0.25, 0.3) is 0 Å². The molecule has 2 amide bonds. The lowest BCUT2D eigenvalue weighted by molar-refractivity contribution is 0.0864. The number of aryl methyl sites for hydroxylation is 1. The number of anilines is 1. The zero-order valence-corrected chi connectivity index (χ0v) is 14.3. The summed E-state index contributed by atoms with van der Waals surface area (Å²) in [5, 5.41) is 2.77. The van der Waals surface area contributed by atoms with Crippen molar-refractivity contribution in [3.8, 4) is 0 Å². The van der Waals surface area contributed by atoms with Gasteiger partial charge in [0.15, 0.2) is 0 Å². The van der Waals surface area contributed by atoms with Gasteiger partial charge in [-0.1, -0.05) is 18.2 Å². The molecular formula is C18H16N2O4S. The molecule has 0 aromatic heterocycles. The highest BCUT2D eigenvalue weighted by Crippen LogP contribution is 2.39. The Morgan fingerprint density at radius 2 is 1.88 bits per heavy atom. The highest BCUT2D eigenvalue weighted by molar-refractivity contribution is 7.90. The number of nitrogens with zero attached hydrogens (tertiary/aromatic N) is 1. The smallest absolute Gasteiger partial charge is 0.269 e. The lowest BCUT2D eigenvalue weighted by atomic mass is 10.1. The standard InChI is InChI=1S/C18H16N2O4S/c1-11-4-2-3-5-15(11)19-17(21)12-6-9-14-16(10-12)25(23,24)20(18(14)22)13-7-8-13/h2-6,9-10,13H,7-8H2,1H3,(H,19,21). The van der Waals surface area contributed by atoms with Gasteiger partial charge in [-0.05, 0) is 49.6 Å². The van der Waals surface area contributed by atoms with Crippen LogP contribution in [-0.4, -0.2) is 30.6 Å². The number of para-hydroxylation sites is 1. The van der Waals surface area contributed by atoms with Crippen molar-refractivity contribution in [3.05, 3.63) is 59.2 Å². The van der Waals surface area contributed by atoms with Crippen molar-refractivity contribution in [2.24, 2.45) is 0 Å². The fourth-order valence-electron chi connectivity index (χ4n) is 2.97. The zero-order valence-electron chi connectivity index (χ0n) is 13.5. The number of carbonyl (C=O) groups excluding carboxylic acids is 2. The molecule has 1 saturated carbocycles. The second-order valence-electron chi connectivity index (χ2n) is 6.32. The van der Waals surface area contributed by atoms with Crippen LogP contribution in [0.3, 0.4) is 0 Å². The molecule has 0 atom stereocenters. The van der Waals surface area contributed by atoms with Gasteiger partial charge in [0.1, 0.15) is 4.90 Å². The fraction of sp³-hybridized carbons (Fsp3) is 0.222. The number of sulfonamides is 1. The van der Waals surface area contributed by atoms with Gasteiger partial charge in [-0.3, -0.25) is 9.59 Å². The van der Waals surface area contributed by atoms with Gasteiger partial charge < -0.3 is 5.32 Å². The van der Waals surface area contributed by atoms with Gasteiger partial charge in [-0.2, -0.15) is 0 Å². The van der Waals surface area contributed by atoms with Crippen LogP contribution >= 0.6 is 0 Å². The summed E-state index contributed by atoms with van der Waals surface area (Å²) in [6, 6.07) is 11.3. The van der Waals surface area contributed by atoms with E-state index < -0.39 is 21.8 Å². The van der Waals surface area contributed by atoms with E-state index in [1.54, 1.807) is 6.07 Å². The normalized spacial score (nSPS) is 18.1. The van der Waals surface area contributed by atoms with Crippen LogP contribution in [-0.2, 0) is 10.0 Å². The Kier molecular flexibility index (Phi) is 3.43. The van der Waals surface area contributed by atoms with Gasteiger partial charge in [0.05, 0.1) is 5.56 Å². The minimum atomic E-state index is -3.87. The molecule has 2 aliphatic rings. The van der Waals surface area contributed by atoms with Gasteiger partial charge in [-0.15, -0.1) is 0 Å². The van der Waals surface area contributed by atoms with Gasteiger partial charge in [0.25, 0.3) is 21.8 Å². The van der Waals surface area contributed by atoms with Crippen molar-refractivity contribution in [2.75, 3.05) is 5.32 Å². The Labute approximate surface area is 145 Å². The number of fused-ring (bicyclic) bond motifs is 1. The molecule has 0 saturated heterocycles. The number of benzene rings is 2. The summed E-state index contributed by atoms with van der Waals surface area (Å²) in [7, 11) is -3.87. The lowest BCUT2D eigenvalue weighted by Gasteiger charge is -2.13. The number of rotatable bonds is 3. The molecule has 1 N–H and O–H groups in total. The Morgan fingerprint density at radius 1 is 1.16 bits per heavy atom. The van der Waals surface area contributed by atoms with Crippen LogP contribution in [0.5, 0.6) is 0 Å². The first-order chi connectivity index (χ1) is 11.9. The molecule has 2 aromatic rings. The largest absolute Gasteiger partial charge is 0.322 e. The molecular weight excluding hydrogens is 340 g/mol. The van der Waals surface area contributed by atoms with E-state index >= 15 is 0 Å². The van der Waals surface area contributed by atoms with Gasteiger partial charge >= 0.3 is 0 Å². The first kappa shape index (κ1) is 15.8. The van der Waals surface area contributed by atoms with Gasteiger partial charge in [-0.25, -0.2) is 12.7 Å². The summed E-state index contributed by atoms with van der Waals surface area (Å²) in [6.45, 7) is 1.87. The maximum atomic E-state index is 12.6. The van der Waals surface area contributed by atoms with Crippen LogP contribution in [0, 0.1) is 6.92 Å². The van der Waals surface area contributed by atoms with E-state index in [9.17, 15) is 18.0 Å². The summed E-state index contributed by atoms with van der Waals surface area (Å²) in [4.78, 5) is 24.8. The topological polar surface area (TPSA) is 83.6 Å². The van der Waals surface area contributed by atoms with Crippen LogP contribution in [0.15, 0.2) is 47.4 Å². The minimum Gasteiger partial charge on any atom is -0.322 e. The van der Waals surface area contributed by atoms with E-state index in [1.165, 1.54) is 18.2 Å². The fourth-order valence-corrected chi connectivity index (χ4v) is 4.81. The third kappa shape index (κ3) is 2.51. The van der Waals surface area contributed by atoms with Crippen molar-refractivity contribution in [1.29, 1.82) is 0 Å². The first-order valence-corrected chi connectivity index (χ1v) is 9.43. The Morgan fingerprint density at radius 3 is 2.56 bits per heavy atom. The number of hydrogen-bond donors (Lipinski definition) is 1. The summed E-state index contributed by atoms with van der Waals surface area (Å²) >= 11 is 0. The van der Waals surface area contributed by atoms with E-state index in [0.29, 0.717) is 18.5 Å². The number of nitrogens with one attached hydrogen (secondary N) is 1.